The van der Waals surface area contributed by atoms with E-state index >= 15 is 0 Å². The van der Waals surface area contributed by atoms with E-state index in [1.807, 2.05) is 115 Å². The standard InChI is InChI=1S/C23H28O3.C23H26O3/c2*1-3-20-14-21(24)23(26-16-19-12-8-5-9-13-19)22(17(20)2)25-15-18-10-6-4-7-11-18/h4-14,17,21-24H,3,15-16H2,1-2H3;4-14,17,22-23H,3,15-16H2,1-2H3/t17-,21-,22+,23+;17-,22+,23+/m11/s1. The molecule has 1 N–H and O–H groups in total. The maximum Gasteiger partial charge on any atom is 0.187 e. The average Bonchev–Trinajstić information content (AvgIpc) is 3.19. The van der Waals surface area contributed by atoms with E-state index in [-0.39, 0.29) is 35.9 Å². The van der Waals surface area contributed by atoms with Crippen molar-refractivity contribution in [2.75, 3.05) is 0 Å². The molecule has 7 atom stereocenters. The van der Waals surface area contributed by atoms with Crippen LogP contribution in [0.1, 0.15) is 62.8 Å². The number of aliphatic hydroxyl groups is 1. The Labute approximate surface area is 310 Å². The molecule has 6 heteroatoms. The topological polar surface area (TPSA) is 74.2 Å². The van der Waals surface area contributed by atoms with Crippen molar-refractivity contribution in [3.05, 3.63) is 167 Å². The van der Waals surface area contributed by atoms with E-state index in [1.165, 1.54) is 5.57 Å². The quantitative estimate of drug-likeness (QED) is 0.132. The summed E-state index contributed by atoms with van der Waals surface area (Å²) in [5, 5.41) is 10.7. The van der Waals surface area contributed by atoms with Crippen molar-refractivity contribution in [2.45, 2.75) is 97.5 Å². The molecular weight excluding hydrogens is 649 g/mol. The van der Waals surface area contributed by atoms with E-state index < -0.39 is 12.2 Å². The lowest BCUT2D eigenvalue weighted by molar-refractivity contribution is -0.147. The summed E-state index contributed by atoms with van der Waals surface area (Å²) in [6.07, 6.45) is 3.43. The van der Waals surface area contributed by atoms with E-state index in [2.05, 4.69) is 39.8 Å². The summed E-state index contributed by atoms with van der Waals surface area (Å²) < 4.78 is 24.6. The molecule has 2 aliphatic rings. The van der Waals surface area contributed by atoms with Gasteiger partial charge in [0.1, 0.15) is 18.3 Å². The number of hydrogen-bond donors (Lipinski definition) is 1. The van der Waals surface area contributed by atoms with Gasteiger partial charge in [-0.2, -0.15) is 0 Å². The molecular formula is C46H54O6. The van der Waals surface area contributed by atoms with Crippen LogP contribution in [0.3, 0.4) is 0 Å². The Balaban J connectivity index is 0.000000201. The van der Waals surface area contributed by atoms with Crippen LogP contribution in [0.2, 0.25) is 0 Å². The first-order valence-electron chi connectivity index (χ1n) is 18.6. The summed E-state index contributed by atoms with van der Waals surface area (Å²) >= 11 is 0. The Hall–Kier alpha value is -4.17. The number of ether oxygens (including phenoxy) is 4. The molecule has 0 aromatic heterocycles. The van der Waals surface area contributed by atoms with Gasteiger partial charge in [-0.1, -0.05) is 166 Å². The third-order valence-corrected chi connectivity index (χ3v) is 10.1. The molecule has 0 radical (unpaired) electrons. The highest BCUT2D eigenvalue weighted by molar-refractivity contribution is 5.96. The Morgan fingerprint density at radius 1 is 0.500 bits per heavy atom. The van der Waals surface area contributed by atoms with Gasteiger partial charge in [-0.3, -0.25) is 4.79 Å². The summed E-state index contributed by atoms with van der Waals surface area (Å²) in [5.41, 5.74) is 6.74. The van der Waals surface area contributed by atoms with Crippen molar-refractivity contribution in [2.24, 2.45) is 11.8 Å². The summed E-state index contributed by atoms with van der Waals surface area (Å²) in [6.45, 7) is 10.4. The third kappa shape index (κ3) is 10.9. The number of ketones is 1. The van der Waals surface area contributed by atoms with Gasteiger partial charge in [0.2, 0.25) is 0 Å². The molecule has 0 fully saturated rings. The van der Waals surface area contributed by atoms with Crippen molar-refractivity contribution < 1.29 is 28.8 Å². The minimum absolute atomic E-state index is 0.00828. The lowest BCUT2D eigenvalue weighted by Crippen LogP contribution is -2.47. The van der Waals surface area contributed by atoms with Gasteiger partial charge in [-0.05, 0) is 41.2 Å². The summed E-state index contributed by atoms with van der Waals surface area (Å²) in [4.78, 5) is 12.7. The molecule has 4 aromatic carbocycles. The first-order valence-corrected chi connectivity index (χ1v) is 18.6. The van der Waals surface area contributed by atoms with E-state index in [4.69, 9.17) is 18.9 Å². The minimum atomic E-state index is -0.648. The molecule has 6 nitrogen and oxygen atoms in total. The SMILES string of the molecule is CCC1=CC(=O)[C@H](OCc2ccccc2)[C@@H](OCc2ccccc2)[C@@H]1C.CCC1=C[C@@H](O)[C@H](OCc2ccccc2)[C@@H](OCc2ccccc2)[C@@H]1C. The highest BCUT2D eigenvalue weighted by atomic mass is 16.6. The first kappa shape index (κ1) is 39.0. The molecule has 0 amide bonds. The Morgan fingerprint density at radius 3 is 1.29 bits per heavy atom. The second-order valence-corrected chi connectivity index (χ2v) is 13.6. The van der Waals surface area contributed by atoms with Crippen molar-refractivity contribution in [3.8, 4) is 0 Å². The monoisotopic (exact) mass is 702 g/mol. The van der Waals surface area contributed by atoms with Crippen LogP contribution in [0.4, 0.5) is 0 Å². The van der Waals surface area contributed by atoms with E-state index in [9.17, 15) is 9.90 Å². The normalized spacial score (nSPS) is 24.3. The zero-order valence-electron chi connectivity index (χ0n) is 31.0. The molecule has 52 heavy (non-hydrogen) atoms. The fraction of sp³-hybridized carbons (Fsp3) is 0.370. The number of carbonyl (C=O) groups is 1. The van der Waals surface area contributed by atoms with Crippen LogP contribution in [0.25, 0.3) is 0 Å². The van der Waals surface area contributed by atoms with Gasteiger partial charge in [-0.25, -0.2) is 0 Å². The Morgan fingerprint density at radius 2 is 0.865 bits per heavy atom. The molecule has 0 heterocycles. The predicted molar refractivity (Wildman–Crippen MR) is 206 cm³/mol. The largest absolute Gasteiger partial charge is 0.386 e. The smallest absolute Gasteiger partial charge is 0.187 e. The summed E-state index contributed by atoms with van der Waals surface area (Å²) in [7, 11) is 0. The zero-order valence-corrected chi connectivity index (χ0v) is 31.0. The van der Waals surface area contributed by atoms with Crippen LogP contribution in [0, 0.1) is 11.8 Å². The summed E-state index contributed by atoms with van der Waals surface area (Å²) in [6, 6.07) is 40.2. The molecule has 274 valence electrons. The molecule has 4 aromatic rings. The van der Waals surface area contributed by atoms with Crippen LogP contribution in [0.15, 0.2) is 145 Å². The number of rotatable bonds is 14. The molecule has 0 saturated heterocycles. The van der Waals surface area contributed by atoms with Gasteiger partial charge in [0.15, 0.2) is 5.78 Å². The van der Waals surface area contributed by atoms with Crippen molar-refractivity contribution in [1.29, 1.82) is 0 Å². The van der Waals surface area contributed by atoms with E-state index in [0.717, 1.165) is 40.7 Å². The lowest BCUT2D eigenvalue weighted by Gasteiger charge is -2.39. The average molecular weight is 703 g/mol. The summed E-state index contributed by atoms with van der Waals surface area (Å²) in [5.74, 6) is 0.379. The second kappa shape index (κ2) is 20.2. The van der Waals surface area contributed by atoms with Crippen molar-refractivity contribution in [3.63, 3.8) is 0 Å². The minimum Gasteiger partial charge on any atom is -0.386 e. The molecule has 0 spiro atoms. The molecule has 2 aliphatic carbocycles. The van der Waals surface area contributed by atoms with Crippen molar-refractivity contribution >= 4 is 5.78 Å². The first-order chi connectivity index (χ1) is 25.4. The van der Waals surface area contributed by atoms with Gasteiger partial charge in [-0.15, -0.1) is 0 Å². The van der Waals surface area contributed by atoms with Crippen LogP contribution in [-0.2, 0) is 50.2 Å². The van der Waals surface area contributed by atoms with Crippen molar-refractivity contribution in [1.82, 2.24) is 0 Å². The van der Waals surface area contributed by atoms with Gasteiger partial charge in [0.25, 0.3) is 0 Å². The third-order valence-electron chi connectivity index (χ3n) is 10.1. The second-order valence-electron chi connectivity index (χ2n) is 13.6. The Kier molecular flexibility index (Phi) is 15.1. The molecule has 0 unspecified atom stereocenters. The molecule has 0 aliphatic heterocycles. The number of carbonyl (C=O) groups excluding carboxylic acids is 1. The number of hydrogen-bond acceptors (Lipinski definition) is 6. The lowest BCUT2D eigenvalue weighted by atomic mass is 9.82. The maximum absolute atomic E-state index is 12.7. The van der Waals surface area contributed by atoms with E-state index in [0.29, 0.717) is 26.4 Å². The zero-order chi connectivity index (χ0) is 36.7. The maximum atomic E-state index is 12.7. The number of aliphatic hydroxyl groups excluding tert-OH is 1. The van der Waals surface area contributed by atoms with Crippen LogP contribution in [-0.4, -0.2) is 41.4 Å². The molecule has 0 bridgehead atoms. The molecule has 6 rings (SSSR count). The Bertz CT molecular complexity index is 1690. The fourth-order valence-electron chi connectivity index (χ4n) is 6.95. The van der Waals surface area contributed by atoms with Gasteiger partial charge < -0.3 is 24.1 Å². The van der Waals surface area contributed by atoms with E-state index in [1.54, 1.807) is 6.08 Å². The van der Waals surface area contributed by atoms with Crippen LogP contribution in [0.5, 0.6) is 0 Å². The number of benzene rings is 4. The van der Waals surface area contributed by atoms with Crippen LogP contribution < -0.4 is 0 Å². The molecule has 0 saturated carbocycles. The van der Waals surface area contributed by atoms with Gasteiger partial charge in [0, 0.05) is 11.8 Å². The highest BCUT2D eigenvalue weighted by Gasteiger charge is 2.39. The fourth-order valence-corrected chi connectivity index (χ4v) is 6.95. The van der Waals surface area contributed by atoms with Crippen LogP contribution >= 0.6 is 0 Å². The van der Waals surface area contributed by atoms with Gasteiger partial charge in [0.05, 0.1) is 38.6 Å². The predicted octanol–water partition coefficient (Wildman–Crippen LogP) is 9.22. The van der Waals surface area contributed by atoms with Gasteiger partial charge >= 0.3 is 0 Å². The highest BCUT2D eigenvalue weighted by Crippen LogP contribution is 2.33.